The van der Waals surface area contributed by atoms with Crippen molar-refractivity contribution in [3.8, 4) is 0 Å². The molecule has 3 rings (SSSR count). The van der Waals surface area contributed by atoms with Crippen molar-refractivity contribution in [3.05, 3.63) is 49.1 Å². The maximum Gasteiger partial charge on any atom is 0.150 e. The zero-order valence-electron chi connectivity index (χ0n) is 10.4. The molecule has 1 nitrogen and oxygen atoms in total. The van der Waals surface area contributed by atoms with Crippen molar-refractivity contribution in [1.29, 1.82) is 0 Å². The van der Waals surface area contributed by atoms with Gasteiger partial charge in [0.2, 0.25) is 0 Å². The van der Waals surface area contributed by atoms with Gasteiger partial charge in [0.25, 0.3) is 0 Å². The minimum absolute atomic E-state index is 0.0756. The predicted octanol–water partition coefficient (Wildman–Crippen LogP) is 5.93. The lowest BCUT2D eigenvalue weighted by atomic mass is 9.94. The molecule has 1 heterocycles. The Balaban J connectivity index is 1.93. The molecule has 1 aromatic heterocycles. The Kier molecular flexibility index (Phi) is 4.02. The van der Waals surface area contributed by atoms with Crippen LogP contribution in [-0.4, -0.2) is 0 Å². The number of nitrogens with one attached hydrogen (secondary N) is 1. The molecule has 106 valence electrons. The molecule has 1 atom stereocenters. The van der Waals surface area contributed by atoms with Gasteiger partial charge in [-0.2, -0.15) is 0 Å². The number of hydrogen-bond donors (Lipinski definition) is 1. The van der Waals surface area contributed by atoms with E-state index in [1.54, 1.807) is 11.3 Å². The van der Waals surface area contributed by atoms with Crippen LogP contribution in [0.1, 0.15) is 29.3 Å². The first-order valence-corrected chi connectivity index (χ1v) is 8.22. The summed E-state index contributed by atoms with van der Waals surface area (Å²) in [6.07, 6.45) is 2.81. The topological polar surface area (TPSA) is 12.0 Å². The Morgan fingerprint density at radius 3 is 2.65 bits per heavy atom. The van der Waals surface area contributed by atoms with Crippen molar-refractivity contribution in [2.75, 3.05) is 5.32 Å². The van der Waals surface area contributed by atoms with E-state index in [4.69, 9.17) is 11.6 Å². The molecule has 0 aliphatic heterocycles. The number of hydrogen-bond acceptors (Lipinski definition) is 2. The van der Waals surface area contributed by atoms with Crippen molar-refractivity contribution >= 4 is 44.6 Å². The van der Waals surface area contributed by atoms with Crippen LogP contribution in [0, 0.1) is 11.6 Å². The highest BCUT2D eigenvalue weighted by atomic mass is 79.9. The van der Waals surface area contributed by atoms with E-state index >= 15 is 0 Å². The Bertz CT molecular complexity index is 636. The number of rotatable bonds is 2. The number of halogens is 4. The summed E-state index contributed by atoms with van der Waals surface area (Å²) in [7, 11) is 0. The van der Waals surface area contributed by atoms with Gasteiger partial charge in [-0.15, -0.1) is 11.3 Å². The molecule has 0 amide bonds. The molecule has 1 aromatic carbocycles. The third kappa shape index (κ3) is 2.71. The van der Waals surface area contributed by atoms with Gasteiger partial charge < -0.3 is 5.32 Å². The molecule has 2 aromatic rings. The fourth-order valence-corrected chi connectivity index (χ4v) is 4.31. The van der Waals surface area contributed by atoms with Crippen molar-refractivity contribution in [2.45, 2.75) is 25.3 Å². The molecule has 1 aliphatic carbocycles. The van der Waals surface area contributed by atoms with Crippen LogP contribution in [0.3, 0.4) is 0 Å². The molecule has 0 spiro atoms. The number of thiophene rings is 1. The highest BCUT2D eigenvalue weighted by Gasteiger charge is 2.24. The second kappa shape index (κ2) is 5.62. The summed E-state index contributed by atoms with van der Waals surface area (Å²) in [5.74, 6) is -1.18. The summed E-state index contributed by atoms with van der Waals surface area (Å²) in [4.78, 5) is 1.21. The first kappa shape index (κ1) is 14.3. The number of benzene rings is 1. The first-order valence-electron chi connectivity index (χ1n) is 6.24. The fraction of sp³-hybridized carbons (Fsp3) is 0.286. The monoisotopic (exact) mass is 377 g/mol. The Morgan fingerprint density at radius 2 is 1.95 bits per heavy atom. The molecule has 1 aliphatic rings. The van der Waals surface area contributed by atoms with Gasteiger partial charge >= 0.3 is 0 Å². The van der Waals surface area contributed by atoms with Gasteiger partial charge in [-0.3, -0.25) is 0 Å². The van der Waals surface area contributed by atoms with Crippen LogP contribution in [-0.2, 0) is 6.42 Å². The van der Waals surface area contributed by atoms with Crippen LogP contribution < -0.4 is 5.32 Å². The minimum atomic E-state index is -0.592. The van der Waals surface area contributed by atoms with Crippen molar-refractivity contribution in [1.82, 2.24) is 0 Å². The van der Waals surface area contributed by atoms with E-state index in [0.717, 1.165) is 29.2 Å². The van der Waals surface area contributed by atoms with Crippen LogP contribution in [0.2, 0.25) is 4.34 Å². The van der Waals surface area contributed by atoms with Crippen molar-refractivity contribution in [2.24, 2.45) is 0 Å². The molecule has 0 radical (unpaired) electrons. The average Bonchev–Trinajstić information content (AvgIpc) is 2.74. The third-order valence-electron chi connectivity index (χ3n) is 3.41. The number of aryl methyl sites for hydroxylation is 1. The Morgan fingerprint density at radius 1 is 1.25 bits per heavy atom. The van der Waals surface area contributed by atoms with Crippen LogP contribution in [0.5, 0.6) is 0 Å². The average molecular weight is 379 g/mol. The molecule has 0 fully saturated rings. The van der Waals surface area contributed by atoms with Crippen LogP contribution >= 0.6 is 38.9 Å². The molecular weight excluding hydrogens is 368 g/mol. The molecule has 1 unspecified atom stereocenters. The van der Waals surface area contributed by atoms with Crippen LogP contribution in [0.25, 0.3) is 0 Å². The van der Waals surface area contributed by atoms with Gasteiger partial charge in [0.05, 0.1) is 10.4 Å². The van der Waals surface area contributed by atoms with Gasteiger partial charge in [-0.25, -0.2) is 8.78 Å². The van der Waals surface area contributed by atoms with Crippen molar-refractivity contribution in [3.63, 3.8) is 0 Å². The van der Waals surface area contributed by atoms with E-state index in [0.29, 0.717) is 4.47 Å². The number of anilines is 1. The molecule has 0 bridgehead atoms. The summed E-state index contributed by atoms with van der Waals surface area (Å²) in [6.45, 7) is 0. The lowest BCUT2D eigenvalue weighted by molar-refractivity contribution is 0.563. The SMILES string of the molecule is Fc1cc(Br)cc(F)c1NC1CCCc2sc(Cl)cc21. The van der Waals surface area contributed by atoms with Crippen LogP contribution in [0.4, 0.5) is 14.5 Å². The van der Waals surface area contributed by atoms with Gasteiger partial charge in [0, 0.05) is 9.35 Å². The molecular formula is C14H11BrClF2NS. The quantitative estimate of drug-likeness (QED) is 0.683. The highest BCUT2D eigenvalue weighted by Crippen LogP contribution is 2.40. The lowest BCUT2D eigenvalue weighted by Gasteiger charge is -2.25. The molecule has 6 heteroatoms. The smallest absolute Gasteiger partial charge is 0.150 e. The standard InChI is InChI=1S/C14H11BrClF2NS/c15-7-4-9(17)14(10(18)5-7)19-11-2-1-3-12-8(11)6-13(16)20-12/h4-6,11,19H,1-3H2. The predicted molar refractivity (Wildman–Crippen MR) is 82.7 cm³/mol. The summed E-state index contributed by atoms with van der Waals surface area (Å²) < 4.78 is 28.9. The van der Waals surface area contributed by atoms with Crippen molar-refractivity contribution < 1.29 is 8.78 Å². The summed E-state index contributed by atoms with van der Waals surface area (Å²) in [5.41, 5.74) is 0.987. The van der Waals surface area contributed by atoms with Gasteiger partial charge in [-0.1, -0.05) is 27.5 Å². The Labute approximate surface area is 133 Å². The van der Waals surface area contributed by atoms with E-state index in [1.165, 1.54) is 17.0 Å². The van der Waals surface area contributed by atoms with Gasteiger partial charge in [0.1, 0.15) is 17.3 Å². The third-order valence-corrected chi connectivity index (χ3v) is 5.21. The number of fused-ring (bicyclic) bond motifs is 1. The maximum absolute atomic E-state index is 13.9. The first-order chi connectivity index (χ1) is 9.54. The van der Waals surface area contributed by atoms with E-state index < -0.39 is 11.6 Å². The van der Waals surface area contributed by atoms with Gasteiger partial charge in [-0.05, 0) is 43.0 Å². The molecule has 0 saturated carbocycles. The second-order valence-electron chi connectivity index (χ2n) is 4.76. The summed E-state index contributed by atoms with van der Waals surface area (Å²) in [5, 5.41) is 2.99. The normalized spacial score (nSPS) is 17.9. The van der Waals surface area contributed by atoms with E-state index in [1.807, 2.05) is 6.07 Å². The highest BCUT2D eigenvalue weighted by molar-refractivity contribution is 9.10. The van der Waals surface area contributed by atoms with E-state index in [-0.39, 0.29) is 11.7 Å². The fourth-order valence-electron chi connectivity index (χ4n) is 2.53. The molecule has 20 heavy (non-hydrogen) atoms. The zero-order chi connectivity index (χ0) is 14.3. The second-order valence-corrected chi connectivity index (χ2v) is 7.45. The summed E-state index contributed by atoms with van der Waals surface area (Å²) >= 11 is 10.7. The largest absolute Gasteiger partial charge is 0.373 e. The molecule has 1 N–H and O–H groups in total. The van der Waals surface area contributed by atoms with Gasteiger partial charge in [0.15, 0.2) is 0 Å². The van der Waals surface area contributed by atoms with E-state index in [9.17, 15) is 8.78 Å². The minimum Gasteiger partial charge on any atom is -0.373 e. The van der Waals surface area contributed by atoms with E-state index in [2.05, 4.69) is 21.2 Å². The lowest BCUT2D eigenvalue weighted by Crippen LogP contribution is -2.17. The van der Waals surface area contributed by atoms with Crippen LogP contribution in [0.15, 0.2) is 22.7 Å². The summed E-state index contributed by atoms with van der Waals surface area (Å²) in [6, 6.07) is 4.33. The Hall–Kier alpha value is -0.650. The zero-order valence-corrected chi connectivity index (χ0v) is 13.5. The molecule has 0 saturated heterocycles. The maximum atomic E-state index is 13.9.